The molecule has 0 aliphatic heterocycles. The van der Waals surface area contributed by atoms with Crippen molar-refractivity contribution < 1.29 is 5.11 Å². The number of hydrogen-bond donors (Lipinski definition) is 3. The van der Waals surface area contributed by atoms with E-state index in [0.29, 0.717) is 5.75 Å². The van der Waals surface area contributed by atoms with Crippen LogP contribution in [-0.4, -0.2) is 23.5 Å². The molecule has 6 heavy (non-hydrogen) atoms. The van der Waals surface area contributed by atoms with E-state index in [2.05, 4.69) is 12.6 Å². The minimum Gasteiger partial charge on any atom is -0.395 e. The van der Waals surface area contributed by atoms with E-state index in [1.165, 1.54) is 0 Å². The van der Waals surface area contributed by atoms with Crippen molar-refractivity contribution in [3.63, 3.8) is 0 Å². The third-order valence-corrected chi connectivity index (χ3v) is 0.938. The summed E-state index contributed by atoms with van der Waals surface area (Å²) in [4.78, 5) is 0. The summed E-state index contributed by atoms with van der Waals surface area (Å²) in [6, 6.07) is -0.145. The van der Waals surface area contributed by atoms with Crippen LogP contribution < -0.4 is 5.73 Å². The zero-order valence-corrected chi connectivity index (χ0v) is 4.36. The Bertz CT molecular complexity index is 30.0. The Morgan fingerprint density at radius 3 is 2.33 bits per heavy atom. The first-order valence-corrected chi connectivity index (χ1v) is 2.41. The van der Waals surface area contributed by atoms with Crippen molar-refractivity contribution in [2.45, 2.75) is 6.04 Å². The average Bonchev–Trinajstić information content (AvgIpc) is 1.65. The van der Waals surface area contributed by atoms with Crippen molar-refractivity contribution in [1.29, 1.82) is 0 Å². The summed E-state index contributed by atoms with van der Waals surface area (Å²) in [6.45, 7) is 0.0312. The maximum atomic E-state index is 8.16. The van der Waals surface area contributed by atoms with Crippen LogP contribution in [0.15, 0.2) is 0 Å². The molecule has 0 bridgehead atoms. The third-order valence-electron chi connectivity index (χ3n) is 0.469. The summed E-state index contributed by atoms with van der Waals surface area (Å²) in [5.41, 5.74) is 5.15. The highest BCUT2D eigenvalue weighted by Crippen LogP contribution is 1.77. The SMILES string of the molecule is N[C@@H](CO)CS. The zero-order chi connectivity index (χ0) is 4.99. The van der Waals surface area contributed by atoms with Crippen molar-refractivity contribution in [1.82, 2.24) is 0 Å². The highest BCUT2D eigenvalue weighted by molar-refractivity contribution is 7.80. The second kappa shape index (κ2) is 3.46. The van der Waals surface area contributed by atoms with Gasteiger partial charge in [0.15, 0.2) is 0 Å². The number of rotatable bonds is 2. The van der Waals surface area contributed by atoms with Crippen LogP contribution >= 0.6 is 12.6 Å². The number of hydrogen-bond acceptors (Lipinski definition) is 3. The van der Waals surface area contributed by atoms with Gasteiger partial charge in [0.2, 0.25) is 0 Å². The molecule has 0 radical (unpaired) electrons. The lowest BCUT2D eigenvalue weighted by Crippen LogP contribution is -2.25. The highest BCUT2D eigenvalue weighted by atomic mass is 32.1. The van der Waals surface area contributed by atoms with E-state index >= 15 is 0 Å². The van der Waals surface area contributed by atoms with Gasteiger partial charge in [0.25, 0.3) is 0 Å². The Labute approximate surface area is 42.8 Å². The Morgan fingerprint density at radius 1 is 1.83 bits per heavy atom. The summed E-state index contributed by atoms with van der Waals surface area (Å²) in [5, 5.41) is 8.16. The molecule has 1 atom stereocenters. The fourth-order valence-electron chi connectivity index (χ4n) is 0.0577. The second-order valence-electron chi connectivity index (χ2n) is 1.13. The van der Waals surface area contributed by atoms with Crippen molar-refractivity contribution >= 4 is 12.6 Å². The molecule has 0 unspecified atom stereocenters. The zero-order valence-electron chi connectivity index (χ0n) is 3.46. The summed E-state index contributed by atoms with van der Waals surface area (Å²) in [7, 11) is 0. The number of thiol groups is 1. The molecule has 0 aliphatic rings. The predicted molar refractivity (Wildman–Crippen MR) is 28.9 cm³/mol. The molecule has 0 fully saturated rings. The topological polar surface area (TPSA) is 46.2 Å². The van der Waals surface area contributed by atoms with Gasteiger partial charge >= 0.3 is 0 Å². The predicted octanol–water partition coefficient (Wildman–Crippen LogP) is -0.764. The van der Waals surface area contributed by atoms with E-state index in [0.717, 1.165) is 0 Å². The van der Waals surface area contributed by atoms with Gasteiger partial charge in [-0.2, -0.15) is 12.6 Å². The molecule has 38 valence electrons. The van der Waals surface area contributed by atoms with Crippen molar-refractivity contribution in [2.24, 2.45) is 5.73 Å². The molecule has 3 N–H and O–H groups in total. The Kier molecular flexibility index (Phi) is 3.62. The third kappa shape index (κ3) is 2.50. The lowest BCUT2D eigenvalue weighted by atomic mass is 10.4. The average molecular weight is 107 g/mol. The molecular formula is C3H9NOS. The van der Waals surface area contributed by atoms with Crippen LogP contribution in [0.5, 0.6) is 0 Å². The van der Waals surface area contributed by atoms with Gasteiger partial charge in [0, 0.05) is 11.8 Å². The van der Waals surface area contributed by atoms with Crippen LogP contribution in [0.25, 0.3) is 0 Å². The number of aliphatic hydroxyl groups excluding tert-OH is 1. The smallest absolute Gasteiger partial charge is 0.0590 e. The Balaban J connectivity index is 2.75. The quantitative estimate of drug-likeness (QED) is 0.406. The summed E-state index contributed by atoms with van der Waals surface area (Å²) >= 11 is 3.81. The van der Waals surface area contributed by atoms with Crippen molar-refractivity contribution in [3.05, 3.63) is 0 Å². The van der Waals surface area contributed by atoms with Crippen LogP contribution in [0.1, 0.15) is 0 Å². The Morgan fingerprint density at radius 2 is 2.33 bits per heavy atom. The maximum absolute atomic E-state index is 8.16. The lowest BCUT2D eigenvalue weighted by Gasteiger charge is -1.98. The van der Waals surface area contributed by atoms with Crippen LogP contribution in [0.2, 0.25) is 0 Å². The van der Waals surface area contributed by atoms with Crippen molar-refractivity contribution in [3.8, 4) is 0 Å². The van der Waals surface area contributed by atoms with E-state index < -0.39 is 0 Å². The molecule has 0 spiro atoms. The second-order valence-corrected chi connectivity index (χ2v) is 1.49. The van der Waals surface area contributed by atoms with Crippen LogP contribution in [0.3, 0.4) is 0 Å². The van der Waals surface area contributed by atoms with E-state index in [1.54, 1.807) is 0 Å². The number of aliphatic hydroxyl groups is 1. The minimum absolute atomic E-state index is 0.0312. The monoisotopic (exact) mass is 107 g/mol. The van der Waals surface area contributed by atoms with Gasteiger partial charge in [-0.1, -0.05) is 0 Å². The van der Waals surface area contributed by atoms with Crippen LogP contribution in [0.4, 0.5) is 0 Å². The molecule has 0 amide bonds. The molecule has 0 aliphatic carbocycles. The molecule has 2 nitrogen and oxygen atoms in total. The van der Waals surface area contributed by atoms with Crippen LogP contribution in [-0.2, 0) is 0 Å². The standard InChI is InChI=1S/C3H9NOS/c4-3(1-5)2-6/h3,5-6H,1-2,4H2/t3-/m0/s1. The molecule has 0 aromatic carbocycles. The van der Waals surface area contributed by atoms with Crippen LogP contribution in [0, 0.1) is 0 Å². The fraction of sp³-hybridized carbons (Fsp3) is 1.00. The van der Waals surface area contributed by atoms with Gasteiger partial charge in [0.05, 0.1) is 6.61 Å². The highest BCUT2D eigenvalue weighted by Gasteiger charge is 1.90. The van der Waals surface area contributed by atoms with Crippen molar-refractivity contribution in [2.75, 3.05) is 12.4 Å². The molecule has 0 saturated carbocycles. The van der Waals surface area contributed by atoms with Gasteiger partial charge in [-0.25, -0.2) is 0 Å². The van der Waals surface area contributed by atoms with Gasteiger partial charge in [-0.3, -0.25) is 0 Å². The Hall–Kier alpha value is 0.270. The maximum Gasteiger partial charge on any atom is 0.0590 e. The van der Waals surface area contributed by atoms with E-state index in [-0.39, 0.29) is 12.6 Å². The first-order chi connectivity index (χ1) is 2.81. The molecule has 0 aromatic heterocycles. The fourth-order valence-corrected chi connectivity index (χ4v) is 0.173. The lowest BCUT2D eigenvalue weighted by molar-refractivity contribution is 0.275. The van der Waals surface area contributed by atoms with Gasteiger partial charge in [0.1, 0.15) is 0 Å². The molecular weight excluding hydrogens is 98.1 g/mol. The molecule has 3 heteroatoms. The first kappa shape index (κ1) is 6.27. The first-order valence-electron chi connectivity index (χ1n) is 1.78. The van der Waals surface area contributed by atoms with Gasteiger partial charge in [-0.05, 0) is 0 Å². The summed E-state index contributed by atoms with van der Waals surface area (Å²) < 4.78 is 0. The molecule has 0 saturated heterocycles. The normalized spacial score (nSPS) is 14.5. The largest absolute Gasteiger partial charge is 0.395 e. The molecule has 0 aromatic rings. The molecule has 0 rings (SSSR count). The van der Waals surface area contributed by atoms with E-state index in [1.807, 2.05) is 0 Å². The van der Waals surface area contributed by atoms with Gasteiger partial charge in [-0.15, -0.1) is 0 Å². The minimum atomic E-state index is -0.145. The summed E-state index contributed by atoms with van der Waals surface area (Å²) in [6.07, 6.45) is 0. The molecule has 0 heterocycles. The van der Waals surface area contributed by atoms with E-state index in [4.69, 9.17) is 10.8 Å². The summed E-state index contributed by atoms with van der Waals surface area (Å²) in [5.74, 6) is 0.552. The number of nitrogens with two attached hydrogens (primary N) is 1. The van der Waals surface area contributed by atoms with E-state index in [9.17, 15) is 0 Å². The van der Waals surface area contributed by atoms with Gasteiger partial charge < -0.3 is 10.8 Å².